The molecule has 0 aliphatic rings. The van der Waals surface area contributed by atoms with E-state index in [1.165, 1.54) is 6.07 Å². The maximum atomic E-state index is 11.5. The number of carboxylic acids is 1. The normalized spacial score (nSPS) is 9.87. The number of allylic oxidation sites excluding steroid dienone is 1. The van der Waals surface area contributed by atoms with Crippen LogP contribution < -0.4 is 11.3 Å². The molecule has 0 spiro atoms. The van der Waals surface area contributed by atoms with Gasteiger partial charge in [-0.15, -0.1) is 6.58 Å². The summed E-state index contributed by atoms with van der Waals surface area (Å²) in [5.74, 6) is -1.08. The van der Waals surface area contributed by atoms with E-state index in [4.69, 9.17) is 10.8 Å². The molecule has 1 heterocycles. The highest BCUT2D eigenvalue weighted by molar-refractivity contribution is 5.66. The van der Waals surface area contributed by atoms with E-state index in [0.29, 0.717) is 12.1 Å². The van der Waals surface area contributed by atoms with E-state index in [1.807, 2.05) is 0 Å². The largest absolute Gasteiger partial charge is 0.480 e. The summed E-state index contributed by atoms with van der Waals surface area (Å²) in [7, 11) is 0. The van der Waals surface area contributed by atoms with E-state index in [2.05, 4.69) is 6.58 Å². The lowest BCUT2D eigenvalue weighted by Gasteiger charge is -2.09. The number of rotatable bonds is 4. The fourth-order valence-electron chi connectivity index (χ4n) is 1.27. The van der Waals surface area contributed by atoms with Crippen molar-refractivity contribution in [3.8, 4) is 0 Å². The van der Waals surface area contributed by atoms with E-state index in [9.17, 15) is 9.59 Å². The fourth-order valence-corrected chi connectivity index (χ4v) is 1.27. The van der Waals surface area contributed by atoms with Crippen molar-refractivity contribution in [1.82, 2.24) is 4.57 Å². The lowest BCUT2D eigenvalue weighted by molar-refractivity contribution is -0.137. The SMILES string of the molecule is C=CCc1ccc(N)c(=O)n1CC(=O)O. The second-order valence-corrected chi connectivity index (χ2v) is 3.06. The number of hydrogen-bond donors (Lipinski definition) is 2. The molecule has 5 heteroatoms. The van der Waals surface area contributed by atoms with Gasteiger partial charge < -0.3 is 10.8 Å². The van der Waals surface area contributed by atoms with E-state index >= 15 is 0 Å². The number of anilines is 1. The van der Waals surface area contributed by atoms with E-state index in [1.54, 1.807) is 12.1 Å². The number of hydrogen-bond acceptors (Lipinski definition) is 3. The molecule has 0 fully saturated rings. The number of carboxylic acid groups (broad SMARTS) is 1. The Morgan fingerprint density at radius 3 is 2.80 bits per heavy atom. The average Bonchev–Trinajstić information content (AvgIpc) is 2.17. The Morgan fingerprint density at radius 2 is 2.27 bits per heavy atom. The summed E-state index contributed by atoms with van der Waals surface area (Å²) in [4.78, 5) is 22.1. The summed E-state index contributed by atoms with van der Waals surface area (Å²) >= 11 is 0. The summed E-state index contributed by atoms with van der Waals surface area (Å²) in [6.45, 7) is 3.15. The highest BCUT2D eigenvalue weighted by atomic mass is 16.4. The number of nitrogen functional groups attached to an aromatic ring is 1. The van der Waals surface area contributed by atoms with Crippen LogP contribution in [0.15, 0.2) is 29.6 Å². The van der Waals surface area contributed by atoms with Gasteiger partial charge >= 0.3 is 5.97 Å². The first-order valence-electron chi connectivity index (χ1n) is 4.37. The first-order valence-corrected chi connectivity index (χ1v) is 4.37. The van der Waals surface area contributed by atoms with Gasteiger partial charge in [0.2, 0.25) is 0 Å². The van der Waals surface area contributed by atoms with E-state index in [-0.39, 0.29) is 12.2 Å². The van der Waals surface area contributed by atoms with Crippen LogP contribution in [-0.4, -0.2) is 15.6 Å². The van der Waals surface area contributed by atoms with Gasteiger partial charge in [-0.25, -0.2) is 0 Å². The summed E-state index contributed by atoms with van der Waals surface area (Å²) in [6, 6.07) is 3.10. The van der Waals surface area contributed by atoms with Crippen molar-refractivity contribution >= 4 is 11.7 Å². The van der Waals surface area contributed by atoms with Gasteiger partial charge in [0.15, 0.2) is 0 Å². The molecule has 0 radical (unpaired) electrons. The third kappa shape index (κ3) is 2.46. The number of nitrogens with two attached hydrogens (primary N) is 1. The Hall–Kier alpha value is -2.04. The predicted molar refractivity (Wildman–Crippen MR) is 56.7 cm³/mol. The molecule has 0 unspecified atom stereocenters. The number of aromatic nitrogens is 1. The molecule has 5 nitrogen and oxygen atoms in total. The summed E-state index contributed by atoms with van der Waals surface area (Å²) in [5, 5.41) is 8.65. The summed E-state index contributed by atoms with van der Waals surface area (Å²) < 4.78 is 1.14. The quantitative estimate of drug-likeness (QED) is 0.694. The number of nitrogens with zero attached hydrogens (tertiary/aromatic N) is 1. The van der Waals surface area contributed by atoms with Crippen molar-refractivity contribution in [3.05, 3.63) is 40.8 Å². The molecule has 0 amide bonds. The van der Waals surface area contributed by atoms with Gasteiger partial charge in [0.25, 0.3) is 5.56 Å². The molecule has 1 rings (SSSR count). The van der Waals surface area contributed by atoms with Gasteiger partial charge in [0.05, 0.1) is 5.69 Å². The van der Waals surface area contributed by atoms with Crippen LogP contribution in [0.3, 0.4) is 0 Å². The molecular formula is C10H12N2O3. The topological polar surface area (TPSA) is 85.3 Å². The molecule has 0 aliphatic heterocycles. The van der Waals surface area contributed by atoms with Gasteiger partial charge in [-0.1, -0.05) is 6.08 Å². The average molecular weight is 208 g/mol. The van der Waals surface area contributed by atoms with Crippen molar-refractivity contribution in [2.45, 2.75) is 13.0 Å². The van der Waals surface area contributed by atoms with Crippen LogP contribution in [0.5, 0.6) is 0 Å². The monoisotopic (exact) mass is 208 g/mol. The highest BCUT2D eigenvalue weighted by Gasteiger charge is 2.08. The molecule has 3 N–H and O–H groups in total. The van der Waals surface area contributed by atoms with Crippen molar-refractivity contribution in [1.29, 1.82) is 0 Å². The third-order valence-corrected chi connectivity index (χ3v) is 1.94. The predicted octanol–water partition coefficient (Wildman–Crippen LogP) is 0.244. The van der Waals surface area contributed by atoms with E-state index in [0.717, 1.165) is 4.57 Å². The summed E-state index contributed by atoms with van der Waals surface area (Å²) in [5.41, 5.74) is 5.57. The lowest BCUT2D eigenvalue weighted by Crippen LogP contribution is -2.28. The second-order valence-electron chi connectivity index (χ2n) is 3.06. The minimum absolute atomic E-state index is 0.0454. The third-order valence-electron chi connectivity index (χ3n) is 1.94. The molecule has 0 bridgehead atoms. The van der Waals surface area contributed by atoms with Crippen molar-refractivity contribution in [2.75, 3.05) is 5.73 Å². The van der Waals surface area contributed by atoms with Gasteiger partial charge in [0.1, 0.15) is 6.54 Å². The number of pyridine rings is 1. The van der Waals surface area contributed by atoms with Gasteiger partial charge in [-0.05, 0) is 12.1 Å². The summed E-state index contributed by atoms with van der Waals surface area (Å²) in [6.07, 6.45) is 2.03. The molecular weight excluding hydrogens is 196 g/mol. The highest BCUT2D eigenvalue weighted by Crippen LogP contribution is 2.02. The minimum Gasteiger partial charge on any atom is -0.480 e. The maximum Gasteiger partial charge on any atom is 0.323 e. The standard InChI is InChI=1S/C10H12N2O3/c1-2-3-7-4-5-8(11)10(15)12(7)6-9(13)14/h2,4-5H,1,3,6,11H2,(H,13,14). The van der Waals surface area contributed by atoms with Crippen molar-refractivity contribution in [3.63, 3.8) is 0 Å². The number of carbonyl (C=O) groups is 1. The Bertz CT molecular complexity index is 448. The zero-order chi connectivity index (χ0) is 11.4. The van der Waals surface area contributed by atoms with E-state index < -0.39 is 11.5 Å². The fraction of sp³-hybridized carbons (Fsp3) is 0.200. The zero-order valence-electron chi connectivity index (χ0n) is 8.14. The first kappa shape index (κ1) is 11.0. The molecule has 1 aromatic rings. The maximum absolute atomic E-state index is 11.5. The van der Waals surface area contributed by atoms with Crippen LogP contribution in [-0.2, 0) is 17.8 Å². The molecule has 0 saturated heterocycles. The molecule has 0 aliphatic carbocycles. The van der Waals surface area contributed by atoms with Gasteiger partial charge in [-0.2, -0.15) is 0 Å². The molecule has 0 atom stereocenters. The van der Waals surface area contributed by atoms with Crippen LogP contribution >= 0.6 is 0 Å². The van der Waals surface area contributed by atoms with Crippen LogP contribution in [0, 0.1) is 0 Å². The minimum atomic E-state index is -1.08. The van der Waals surface area contributed by atoms with Crippen molar-refractivity contribution in [2.24, 2.45) is 0 Å². The lowest BCUT2D eigenvalue weighted by atomic mass is 10.2. The van der Waals surface area contributed by atoms with Crippen molar-refractivity contribution < 1.29 is 9.90 Å². The Labute approximate surface area is 86.5 Å². The molecule has 0 aromatic carbocycles. The Balaban J connectivity index is 3.27. The first-order chi connectivity index (χ1) is 7.06. The molecule has 0 saturated carbocycles. The molecule has 80 valence electrons. The Kier molecular flexibility index (Phi) is 3.28. The van der Waals surface area contributed by atoms with Crippen LogP contribution in [0.25, 0.3) is 0 Å². The van der Waals surface area contributed by atoms with Crippen LogP contribution in [0.1, 0.15) is 5.69 Å². The van der Waals surface area contributed by atoms with Crippen LogP contribution in [0.4, 0.5) is 5.69 Å². The van der Waals surface area contributed by atoms with Crippen LogP contribution in [0.2, 0.25) is 0 Å². The Morgan fingerprint density at radius 1 is 1.60 bits per heavy atom. The number of aliphatic carboxylic acids is 1. The van der Waals surface area contributed by atoms with Gasteiger partial charge in [-0.3, -0.25) is 14.2 Å². The molecule has 15 heavy (non-hydrogen) atoms. The second kappa shape index (κ2) is 4.45. The molecule has 1 aromatic heterocycles. The smallest absolute Gasteiger partial charge is 0.323 e. The van der Waals surface area contributed by atoms with Gasteiger partial charge in [0, 0.05) is 12.1 Å². The zero-order valence-corrected chi connectivity index (χ0v) is 8.14.